The molecule has 6 nitrogen and oxygen atoms in total. The summed E-state index contributed by atoms with van der Waals surface area (Å²) >= 11 is 1.76. The molecule has 1 N–H and O–H groups in total. The van der Waals surface area contributed by atoms with E-state index < -0.39 is 0 Å². The largest absolute Gasteiger partial charge is 0.462 e. The topological polar surface area (TPSA) is 63.6 Å². The molecule has 0 saturated carbocycles. The van der Waals surface area contributed by atoms with E-state index in [-0.39, 0.29) is 17.4 Å². The predicted octanol–water partition coefficient (Wildman–Crippen LogP) is 3.48. The highest BCUT2D eigenvalue weighted by Crippen LogP contribution is 2.38. The Bertz CT molecular complexity index is 757. The highest BCUT2D eigenvalue weighted by atomic mass is 32.2. The highest BCUT2D eigenvalue weighted by molar-refractivity contribution is 7.99. The first-order chi connectivity index (χ1) is 12.1. The number of nitrogens with one attached hydrogen (secondary N) is 1. The quantitative estimate of drug-likeness (QED) is 0.849. The van der Waals surface area contributed by atoms with Crippen LogP contribution >= 0.6 is 11.8 Å². The number of hydrogen-bond donors (Lipinski definition) is 1. The Labute approximate surface area is 151 Å². The molecule has 1 unspecified atom stereocenters. The van der Waals surface area contributed by atoms with Crippen molar-refractivity contribution in [2.45, 2.75) is 12.3 Å². The molecule has 0 spiro atoms. The standard InChI is InChI=1S/C18H21N3O3S/c1-3-24-17(22)13-6-8-14(9-7-13)19-18(23)21-11-12-25-16(21)15-5-4-10-20(15)2/h4-10,16H,3,11-12H2,1-2H3,(H,19,23). The van der Waals surface area contributed by atoms with Crippen LogP contribution in [-0.2, 0) is 11.8 Å². The molecule has 132 valence electrons. The van der Waals surface area contributed by atoms with Crippen molar-refractivity contribution in [3.8, 4) is 0 Å². The molecule has 1 aromatic carbocycles. The summed E-state index contributed by atoms with van der Waals surface area (Å²) in [6, 6.07) is 10.6. The van der Waals surface area contributed by atoms with E-state index >= 15 is 0 Å². The van der Waals surface area contributed by atoms with Crippen LogP contribution in [-0.4, -0.2) is 40.4 Å². The van der Waals surface area contributed by atoms with Gasteiger partial charge >= 0.3 is 12.0 Å². The maximum atomic E-state index is 12.7. The first kappa shape index (κ1) is 17.4. The van der Waals surface area contributed by atoms with E-state index in [0.717, 1.165) is 11.4 Å². The van der Waals surface area contributed by atoms with Crippen LogP contribution < -0.4 is 5.32 Å². The molecule has 2 amide bonds. The number of aryl methyl sites for hydroxylation is 1. The number of hydrogen-bond acceptors (Lipinski definition) is 4. The molecule has 25 heavy (non-hydrogen) atoms. The van der Waals surface area contributed by atoms with E-state index in [2.05, 4.69) is 5.32 Å². The number of anilines is 1. The van der Waals surface area contributed by atoms with Crippen molar-refractivity contribution < 1.29 is 14.3 Å². The fourth-order valence-electron chi connectivity index (χ4n) is 2.75. The van der Waals surface area contributed by atoms with Crippen molar-refractivity contribution in [1.82, 2.24) is 9.47 Å². The van der Waals surface area contributed by atoms with Gasteiger partial charge in [0.15, 0.2) is 0 Å². The summed E-state index contributed by atoms with van der Waals surface area (Å²) < 4.78 is 7.00. The summed E-state index contributed by atoms with van der Waals surface area (Å²) in [4.78, 5) is 26.2. The van der Waals surface area contributed by atoms with Gasteiger partial charge in [-0.3, -0.25) is 0 Å². The Morgan fingerprint density at radius 3 is 2.68 bits per heavy atom. The van der Waals surface area contributed by atoms with Gasteiger partial charge in [-0.05, 0) is 43.3 Å². The van der Waals surface area contributed by atoms with Gasteiger partial charge in [0.2, 0.25) is 0 Å². The molecule has 1 fully saturated rings. The summed E-state index contributed by atoms with van der Waals surface area (Å²) in [7, 11) is 1.98. The van der Waals surface area contributed by atoms with Gasteiger partial charge in [0.25, 0.3) is 0 Å². The Morgan fingerprint density at radius 1 is 1.28 bits per heavy atom. The molecule has 0 aliphatic carbocycles. The SMILES string of the molecule is CCOC(=O)c1ccc(NC(=O)N2CCSC2c2cccn2C)cc1. The monoisotopic (exact) mass is 359 g/mol. The average molecular weight is 359 g/mol. The normalized spacial score (nSPS) is 16.7. The summed E-state index contributed by atoms with van der Waals surface area (Å²) in [5.41, 5.74) is 2.23. The van der Waals surface area contributed by atoms with Gasteiger partial charge in [0.05, 0.1) is 17.9 Å². The number of carbonyl (C=O) groups excluding carboxylic acids is 2. The number of rotatable bonds is 4. The van der Waals surface area contributed by atoms with E-state index in [1.807, 2.05) is 34.8 Å². The lowest BCUT2D eigenvalue weighted by Gasteiger charge is -2.24. The van der Waals surface area contributed by atoms with Crippen LogP contribution in [0.3, 0.4) is 0 Å². The minimum Gasteiger partial charge on any atom is -0.462 e. The molecule has 2 heterocycles. The maximum absolute atomic E-state index is 12.7. The second kappa shape index (κ2) is 7.65. The summed E-state index contributed by atoms with van der Waals surface area (Å²) in [5, 5.41) is 2.92. The summed E-state index contributed by atoms with van der Waals surface area (Å²) in [6.07, 6.45) is 1.98. The van der Waals surface area contributed by atoms with Crippen LogP contribution in [0.2, 0.25) is 0 Å². The number of amides is 2. The number of aromatic nitrogens is 1. The fourth-order valence-corrected chi connectivity index (χ4v) is 4.08. The predicted molar refractivity (Wildman–Crippen MR) is 98.7 cm³/mol. The van der Waals surface area contributed by atoms with Gasteiger partial charge in [-0.15, -0.1) is 11.8 Å². The summed E-state index contributed by atoms with van der Waals surface area (Å²) in [6.45, 7) is 2.81. The fraction of sp³-hybridized carbons (Fsp3) is 0.333. The van der Waals surface area contributed by atoms with E-state index in [4.69, 9.17) is 4.74 Å². The van der Waals surface area contributed by atoms with Crippen LogP contribution in [0.4, 0.5) is 10.5 Å². The molecule has 1 aliphatic rings. The lowest BCUT2D eigenvalue weighted by molar-refractivity contribution is 0.0526. The highest BCUT2D eigenvalue weighted by Gasteiger charge is 2.32. The van der Waals surface area contributed by atoms with Crippen molar-refractivity contribution in [2.75, 3.05) is 24.2 Å². The van der Waals surface area contributed by atoms with Crippen molar-refractivity contribution in [1.29, 1.82) is 0 Å². The second-order valence-corrected chi connectivity index (χ2v) is 6.88. The second-order valence-electron chi connectivity index (χ2n) is 5.69. The van der Waals surface area contributed by atoms with Crippen molar-refractivity contribution in [2.24, 2.45) is 7.05 Å². The zero-order valence-electron chi connectivity index (χ0n) is 14.3. The Morgan fingerprint density at radius 2 is 2.04 bits per heavy atom. The molecule has 2 aromatic rings. The number of ether oxygens (including phenoxy) is 1. The lowest BCUT2D eigenvalue weighted by Crippen LogP contribution is -2.34. The molecule has 0 radical (unpaired) electrons. The average Bonchev–Trinajstić information content (AvgIpc) is 3.24. The van der Waals surface area contributed by atoms with E-state index in [0.29, 0.717) is 24.4 Å². The first-order valence-electron chi connectivity index (χ1n) is 8.17. The van der Waals surface area contributed by atoms with Gasteiger partial charge in [0.1, 0.15) is 5.37 Å². The molecule has 0 bridgehead atoms. The molecular weight excluding hydrogens is 338 g/mol. The molecule has 1 saturated heterocycles. The number of nitrogens with zero attached hydrogens (tertiary/aromatic N) is 2. The van der Waals surface area contributed by atoms with Gasteiger partial charge in [-0.1, -0.05) is 0 Å². The lowest BCUT2D eigenvalue weighted by atomic mass is 10.2. The molecule has 3 rings (SSSR count). The van der Waals surface area contributed by atoms with Crippen LogP contribution in [0.5, 0.6) is 0 Å². The van der Waals surface area contributed by atoms with Crippen molar-refractivity contribution in [3.05, 3.63) is 53.9 Å². The van der Waals surface area contributed by atoms with Crippen LogP contribution in [0.25, 0.3) is 0 Å². The van der Waals surface area contributed by atoms with Gasteiger partial charge in [-0.25, -0.2) is 9.59 Å². The molecular formula is C18H21N3O3S. The number of benzene rings is 1. The molecule has 1 aliphatic heterocycles. The van der Waals surface area contributed by atoms with Crippen LogP contribution in [0.1, 0.15) is 28.3 Å². The molecule has 1 atom stereocenters. The minimum absolute atomic E-state index is 0.0128. The number of thioether (sulfide) groups is 1. The van der Waals surface area contributed by atoms with Gasteiger partial charge in [-0.2, -0.15) is 0 Å². The van der Waals surface area contributed by atoms with E-state index in [1.54, 1.807) is 43.0 Å². The zero-order valence-corrected chi connectivity index (χ0v) is 15.1. The van der Waals surface area contributed by atoms with Crippen molar-refractivity contribution >= 4 is 29.4 Å². The third-order valence-corrected chi connectivity index (χ3v) is 5.27. The number of carbonyl (C=O) groups is 2. The zero-order chi connectivity index (χ0) is 17.8. The van der Waals surface area contributed by atoms with Gasteiger partial charge in [0, 0.05) is 31.2 Å². The molecule has 7 heteroatoms. The van der Waals surface area contributed by atoms with E-state index in [1.165, 1.54) is 0 Å². The third kappa shape index (κ3) is 3.82. The smallest absolute Gasteiger partial charge is 0.338 e. The van der Waals surface area contributed by atoms with Gasteiger partial charge < -0.3 is 19.5 Å². The van der Waals surface area contributed by atoms with Crippen molar-refractivity contribution in [3.63, 3.8) is 0 Å². The third-order valence-electron chi connectivity index (χ3n) is 4.04. The van der Waals surface area contributed by atoms with Crippen LogP contribution in [0.15, 0.2) is 42.6 Å². The van der Waals surface area contributed by atoms with Crippen LogP contribution in [0, 0.1) is 0 Å². The molecule has 1 aromatic heterocycles. The maximum Gasteiger partial charge on any atom is 0.338 e. The van der Waals surface area contributed by atoms with E-state index in [9.17, 15) is 9.59 Å². The minimum atomic E-state index is -0.361. The number of urea groups is 1. The Balaban J connectivity index is 1.67. The number of esters is 1. The first-order valence-corrected chi connectivity index (χ1v) is 9.22. The Kier molecular flexibility index (Phi) is 5.33. The Hall–Kier alpha value is -2.41. The summed E-state index contributed by atoms with van der Waals surface area (Å²) in [5.74, 6) is 0.547.